The Balaban J connectivity index is 1.92. The number of carbonyl (C=O) groups is 2. The van der Waals surface area contributed by atoms with Crippen molar-refractivity contribution in [2.24, 2.45) is 0 Å². The average molecular weight is 372 g/mol. The van der Waals surface area contributed by atoms with Crippen LogP contribution in [0.1, 0.15) is 6.42 Å². The Morgan fingerprint density at radius 1 is 1.00 bits per heavy atom. The number of benzene rings is 2. The summed E-state index contributed by atoms with van der Waals surface area (Å²) in [5, 5.41) is 14.5. The standard InChI is InChI=1S/C20H25N3O4/c1-23(2,3)14-16(13-19(24)25)22-20(26)21-15-9-11-18(12-10-15)27-17-7-5-4-6-8-17/h4-12,16H,13-14H2,1-3H3,(H2-,21,22,24,25,26)/p+1. The van der Waals surface area contributed by atoms with E-state index in [0.717, 1.165) is 5.75 Å². The molecule has 0 aromatic heterocycles. The number of carbonyl (C=O) groups excluding carboxylic acids is 1. The molecule has 2 amide bonds. The van der Waals surface area contributed by atoms with Crippen LogP contribution in [0.15, 0.2) is 54.6 Å². The van der Waals surface area contributed by atoms with Crippen LogP contribution in [-0.4, -0.2) is 55.3 Å². The van der Waals surface area contributed by atoms with E-state index in [9.17, 15) is 9.59 Å². The van der Waals surface area contributed by atoms with E-state index in [-0.39, 0.29) is 6.42 Å². The van der Waals surface area contributed by atoms with E-state index in [2.05, 4.69) is 10.6 Å². The van der Waals surface area contributed by atoms with E-state index < -0.39 is 18.0 Å². The molecule has 0 spiro atoms. The summed E-state index contributed by atoms with van der Waals surface area (Å²) in [6, 6.07) is 15.5. The minimum absolute atomic E-state index is 0.132. The van der Waals surface area contributed by atoms with Crippen molar-refractivity contribution in [2.45, 2.75) is 12.5 Å². The molecule has 0 heterocycles. The fourth-order valence-corrected chi connectivity index (χ4v) is 2.62. The molecule has 0 saturated carbocycles. The van der Waals surface area contributed by atoms with Crippen molar-refractivity contribution in [3.63, 3.8) is 0 Å². The summed E-state index contributed by atoms with van der Waals surface area (Å²) in [5.74, 6) is 0.435. The minimum Gasteiger partial charge on any atom is -0.481 e. The number of anilines is 1. The highest BCUT2D eigenvalue weighted by Gasteiger charge is 2.22. The largest absolute Gasteiger partial charge is 0.481 e. The van der Waals surface area contributed by atoms with Gasteiger partial charge in [-0.25, -0.2) is 4.79 Å². The topological polar surface area (TPSA) is 87.7 Å². The van der Waals surface area contributed by atoms with Crippen LogP contribution < -0.4 is 15.4 Å². The molecular formula is C20H26N3O4+. The number of hydrogen-bond acceptors (Lipinski definition) is 3. The van der Waals surface area contributed by atoms with Gasteiger partial charge in [0.2, 0.25) is 0 Å². The Kier molecular flexibility index (Phi) is 6.79. The van der Waals surface area contributed by atoms with Crippen molar-refractivity contribution in [3.05, 3.63) is 54.6 Å². The Morgan fingerprint density at radius 3 is 2.15 bits per heavy atom. The van der Waals surface area contributed by atoms with E-state index in [1.54, 1.807) is 24.3 Å². The molecule has 1 unspecified atom stereocenters. The second-order valence-electron chi connectivity index (χ2n) is 7.31. The Morgan fingerprint density at radius 2 is 1.59 bits per heavy atom. The van der Waals surface area contributed by atoms with E-state index >= 15 is 0 Å². The molecule has 0 aliphatic rings. The molecular weight excluding hydrogens is 346 g/mol. The second-order valence-corrected chi connectivity index (χ2v) is 7.31. The van der Waals surface area contributed by atoms with Crippen molar-refractivity contribution >= 4 is 17.7 Å². The van der Waals surface area contributed by atoms with Gasteiger partial charge in [0.1, 0.15) is 11.5 Å². The summed E-state index contributed by atoms with van der Waals surface area (Å²) in [6.45, 7) is 0.504. The maximum Gasteiger partial charge on any atom is 0.319 e. The van der Waals surface area contributed by atoms with Gasteiger partial charge < -0.3 is 25.0 Å². The molecule has 0 aliphatic heterocycles. The zero-order chi connectivity index (χ0) is 19.9. The van der Waals surface area contributed by atoms with Gasteiger partial charge in [-0.3, -0.25) is 4.79 Å². The summed E-state index contributed by atoms with van der Waals surface area (Å²) in [5.41, 5.74) is 0.590. The normalized spacial score (nSPS) is 12.1. The molecule has 0 aliphatic carbocycles. The van der Waals surface area contributed by atoms with Crippen molar-refractivity contribution in [2.75, 3.05) is 33.0 Å². The molecule has 3 N–H and O–H groups in total. The highest BCUT2D eigenvalue weighted by molar-refractivity contribution is 5.89. The van der Waals surface area contributed by atoms with Gasteiger partial charge >= 0.3 is 12.0 Å². The number of para-hydroxylation sites is 1. The van der Waals surface area contributed by atoms with Crippen LogP contribution in [0.5, 0.6) is 11.5 Å². The van der Waals surface area contributed by atoms with Crippen molar-refractivity contribution in [1.29, 1.82) is 0 Å². The monoisotopic (exact) mass is 372 g/mol. The van der Waals surface area contributed by atoms with Gasteiger partial charge in [0.25, 0.3) is 0 Å². The van der Waals surface area contributed by atoms with Crippen molar-refractivity contribution < 1.29 is 23.9 Å². The lowest BCUT2D eigenvalue weighted by Gasteiger charge is -2.29. The van der Waals surface area contributed by atoms with Gasteiger partial charge in [0.15, 0.2) is 0 Å². The van der Waals surface area contributed by atoms with Crippen LogP contribution in [-0.2, 0) is 4.79 Å². The number of carboxylic acid groups (broad SMARTS) is 1. The highest BCUT2D eigenvalue weighted by atomic mass is 16.5. The third-order valence-corrected chi connectivity index (χ3v) is 3.62. The SMILES string of the molecule is C[N+](C)(C)CC(CC(=O)O)NC(=O)Nc1ccc(Oc2ccccc2)cc1. The fourth-order valence-electron chi connectivity index (χ4n) is 2.62. The van der Waals surface area contributed by atoms with Crippen molar-refractivity contribution in [3.8, 4) is 11.5 Å². The number of ether oxygens (including phenoxy) is 1. The molecule has 2 aromatic rings. The first-order valence-electron chi connectivity index (χ1n) is 8.64. The van der Waals surface area contributed by atoms with E-state index in [0.29, 0.717) is 22.5 Å². The van der Waals surface area contributed by atoms with Crippen molar-refractivity contribution in [1.82, 2.24) is 5.32 Å². The Labute approximate surface area is 159 Å². The number of amides is 2. The number of likely N-dealkylation sites (N-methyl/N-ethyl adjacent to an activating group) is 1. The van der Waals surface area contributed by atoms with E-state index in [4.69, 9.17) is 9.84 Å². The van der Waals surface area contributed by atoms with Gasteiger partial charge in [-0.2, -0.15) is 0 Å². The lowest BCUT2D eigenvalue weighted by molar-refractivity contribution is -0.871. The molecule has 1 atom stereocenters. The molecule has 144 valence electrons. The number of urea groups is 1. The van der Waals surface area contributed by atoms with E-state index in [1.165, 1.54) is 0 Å². The summed E-state index contributed by atoms with van der Waals surface area (Å²) in [7, 11) is 5.83. The molecule has 7 nitrogen and oxygen atoms in total. The van der Waals surface area contributed by atoms with Crippen LogP contribution in [0.2, 0.25) is 0 Å². The highest BCUT2D eigenvalue weighted by Crippen LogP contribution is 2.22. The van der Waals surface area contributed by atoms with Crippen LogP contribution in [0.4, 0.5) is 10.5 Å². The fraction of sp³-hybridized carbons (Fsp3) is 0.300. The van der Waals surface area contributed by atoms with Gasteiger partial charge in [0.05, 0.1) is 40.2 Å². The Bertz CT molecular complexity index is 755. The number of aliphatic carboxylic acids is 1. The predicted molar refractivity (Wildman–Crippen MR) is 104 cm³/mol. The second kappa shape index (κ2) is 9.05. The first-order chi connectivity index (χ1) is 12.7. The van der Waals surface area contributed by atoms with Crippen LogP contribution in [0.25, 0.3) is 0 Å². The quantitative estimate of drug-likeness (QED) is 0.621. The minimum atomic E-state index is -0.948. The summed E-state index contributed by atoms with van der Waals surface area (Å²) in [6.07, 6.45) is -0.132. The lowest BCUT2D eigenvalue weighted by Crippen LogP contribution is -2.50. The molecule has 2 rings (SSSR count). The Hall–Kier alpha value is -3.06. The summed E-state index contributed by atoms with van der Waals surface area (Å²) >= 11 is 0. The zero-order valence-electron chi connectivity index (χ0n) is 15.8. The number of quaternary nitrogens is 1. The molecule has 7 heteroatoms. The van der Waals surface area contributed by atoms with Gasteiger partial charge in [-0.1, -0.05) is 18.2 Å². The molecule has 0 radical (unpaired) electrons. The van der Waals surface area contributed by atoms with Crippen LogP contribution in [0, 0.1) is 0 Å². The smallest absolute Gasteiger partial charge is 0.319 e. The predicted octanol–water partition coefficient (Wildman–Crippen LogP) is 3.15. The molecule has 0 saturated heterocycles. The van der Waals surface area contributed by atoms with Crippen LogP contribution >= 0.6 is 0 Å². The number of nitrogens with one attached hydrogen (secondary N) is 2. The maximum atomic E-state index is 12.2. The van der Waals surface area contributed by atoms with E-state index in [1.807, 2.05) is 51.5 Å². The van der Waals surface area contributed by atoms with Crippen LogP contribution in [0.3, 0.4) is 0 Å². The van der Waals surface area contributed by atoms with Gasteiger partial charge in [0, 0.05) is 5.69 Å². The zero-order valence-corrected chi connectivity index (χ0v) is 15.8. The number of rotatable bonds is 8. The van der Waals surface area contributed by atoms with Gasteiger partial charge in [-0.15, -0.1) is 0 Å². The molecule has 2 aromatic carbocycles. The number of carboxylic acids is 1. The first-order valence-corrected chi connectivity index (χ1v) is 8.64. The first kappa shape index (κ1) is 20.3. The molecule has 0 bridgehead atoms. The summed E-state index contributed by atoms with van der Waals surface area (Å²) in [4.78, 5) is 23.2. The average Bonchev–Trinajstić information content (AvgIpc) is 2.55. The number of hydrogen-bond donors (Lipinski definition) is 3. The molecule has 27 heavy (non-hydrogen) atoms. The third-order valence-electron chi connectivity index (χ3n) is 3.62. The lowest BCUT2D eigenvalue weighted by atomic mass is 10.2. The van der Waals surface area contributed by atoms with Gasteiger partial charge in [-0.05, 0) is 36.4 Å². The molecule has 0 fully saturated rings. The maximum absolute atomic E-state index is 12.2. The third kappa shape index (κ3) is 7.79. The summed E-state index contributed by atoms with van der Waals surface area (Å²) < 4.78 is 6.25. The number of nitrogens with zero attached hydrogens (tertiary/aromatic N) is 1.